The van der Waals surface area contributed by atoms with Gasteiger partial charge >= 0.3 is 0 Å². The lowest BCUT2D eigenvalue weighted by atomic mass is 9.90. The van der Waals surface area contributed by atoms with E-state index in [-0.39, 0.29) is 5.91 Å². The van der Waals surface area contributed by atoms with Crippen molar-refractivity contribution in [2.24, 2.45) is 0 Å². The quantitative estimate of drug-likeness (QED) is 0.494. The molecular formula is C28H33N7O3. The lowest BCUT2D eigenvalue weighted by molar-refractivity contribution is 0.0341. The Morgan fingerprint density at radius 3 is 2.26 bits per heavy atom. The molecule has 1 aliphatic carbocycles. The number of anilines is 1. The van der Waals surface area contributed by atoms with Gasteiger partial charge in [-0.25, -0.2) is 0 Å². The highest BCUT2D eigenvalue weighted by molar-refractivity contribution is 6.04. The predicted molar refractivity (Wildman–Crippen MR) is 143 cm³/mol. The number of H-pyrrole nitrogens is 1. The van der Waals surface area contributed by atoms with E-state index in [9.17, 15) is 4.79 Å². The molecule has 0 aromatic carbocycles. The van der Waals surface area contributed by atoms with Crippen LogP contribution in [0.25, 0.3) is 5.57 Å². The summed E-state index contributed by atoms with van der Waals surface area (Å²) in [5, 5.41) is 10.5. The summed E-state index contributed by atoms with van der Waals surface area (Å²) in [6.07, 6.45) is 10.9. The normalized spacial score (nSPS) is 18.6. The number of ether oxygens (including phenoxy) is 2. The van der Waals surface area contributed by atoms with Crippen molar-refractivity contribution in [1.82, 2.24) is 30.0 Å². The predicted octanol–water partition coefficient (Wildman–Crippen LogP) is 2.30. The molecule has 6 rings (SSSR count). The number of morpholine rings is 2. The third kappa shape index (κ3) is 5.83. The molecule has 3 aliphatic rings. The van der Waals surface area contributed by atoms with Crippen LogP contribution in [0.2, 0.25) is 0 Å². The fourth-order valence-corrected chi connectivity index (χ4v) is 5.27. The minimum absolute atomic E-state index is 0.228. The molecule has 0 saturated carbocycles. The monoisotopic (exact) mass is 515 g/mol. The second-order valence-electron chi connectivity index (χ2n) is 10.0. The summed E-state index contributed by atoms with van der Waals surface area (Å²) >= 11 is 0. The fraction of sp³-hybridized carbons (Fsp3) is 0.429. The first kappa shape index (κ1) is 24.9. The molecule has 2 aliphatic heterocycles. The van der Waals surface area contributed by atoms with E-state index in [0.29, 0.717) is 24.2 Å². The number of carbonyl (C=O) groups excluding carboxylic acids is 1. The molecule has 0 atom stereocenters. The number of aromatic nitrogens is 4. The van der Waals surface area contributed by atoms with Crippen molar-refractivity contribution in [3.8, 4) is 0 Å². The summed E-state index contributed by atoms with van der Waals surface area (Å²) in [5.41, 5.74) is 7.53. The second-order valence-corrected chi connectivity index (χ2v) is 10.0. The average molecular weight is 516 g/mol. The summed E-state index contributed by atoms with van der Waals surface area (Å²) < 4.78 is 10.9. The fourth-order valence-electron chi connectivity index (χ4n) is 5.27. The van der Waals surface area contributed by atoms with Gasteiger partial charge in [0.05, 0.1) is 38.3 Å². The molecule has 2 N–H and O–H groups in total. The SMILES string of the molecule is O=C(Nc1cncc(CN2CCOCC2)c1)c1n[nH]c2c1CC(c1cncc(CN3CCOCC3)c1)=CC2. The van der Waals surface area contributed by atoms with Crippen LogP contribution in [-0.4, -0.2) is 88.5 Å². The molecule has 2 saturated heterocycles. The number of pyridine rings is 2. The Bertz CT molecular complexity index is 1310. The number of nitrogens with zero attached hydrogens (tertiary/aromatic N) is 5. The average Bonchev–Trinajstić information content (AvgIpc) is 3.38. The van der Waals surface area contributed by atoms with E-state index in [1.807, 2.05) is 24.7 Å². The van der Waals surface area contributed by atoms with Crippen LogP contribution < -0.4 is 5.32 Å². The van der Waals surface area contributed by atoms with Crippen LogP contribution in [0.4, 0.5) is 5.69 Å². The van der Waals surface area contributed by atoms with Gasteiger partial charge in [-0.1, -0.05) is 6.08 Å². The van der Waals surface area contributed by atoms with Crippen LogP contribution in [0.15, 0.2) is 43.0 Å². The highest BCUT2D eigenvalue weighted by Crippen LogP contribution is 2.29. The molecule has 3 aromatic rings. The van der Waals surface area contributed by atoms with Crippen LogP contribution in [0.3, 0.4) is 0 Å². The van der Waals surface area contributed by atoms with Crippen molar-refractivity contribution in [3.05, 3.63) is 76.6 Å². The van der Waals surface area contributed by atoms with Gasteiger partial charge in [-0.3, -0.25) is 29.7 Å². The summed E-state index contributed by atoms with van der Waals surface area (Å²) in [7, 11) is 0. The number of aromatic amines is 1. The maximum absolute atomic E-state index is 13.3. The first-order valence-electron chi connectivity index (χ1n) is 13.3. The first-order chi connectivity index (χ1) is 18.7. The van der Waals surface area contributed by atoms with Crippen molar-refractivity contribution in [3.63, 3.8) is 0 Å². The molecule has 1 amide bonds. The topological polar surface area (TPSA) is 109 Å². The molecule has 5 heterocycles. The van der Waals surface area contributed by atoms with Crippen molar-refractivity contribution < 1.29 is 14.3 Å². The van der Waals surface area contributed by atoms with Gasteiger partial charge in [0.15, 0.2) is 5.69 Å². The third-order valence-electron chi connectivity index (χ3n) is 7.33. The van der Waals surface area contributed by atoms with Crippen LogP contribution in [-0.2, 0) is 35.4 Å². The van der Waals surface area contributed by atoms with E-state index in [1.54, 1.807) is 6.20 Å². The number of rotatable bonds is 7. The molecule has 0 radical (unpaired) electrons. The number of fused-ring (bicyclic) bond motifs is 1. The minimum atomic E-state index is -0.228. The summed E-state index contributed by atoms with van der Waals surface area (Å²) in [5.74, 6) is -0.228. The van der Waals surface area contributed by atoms with Gasteiger partial charge in [0, 0.05) is 82.0 Å². The Morgan fingerprint density at radius 2 is 1.55 bits per heavy atom. The second kappa shape index (κ2) is 11.5. The lowest BCUT2D eigenvalue weighted by Crippen LogP contribution is -2.35. The standard InChI is InChI=1S/C28H33N7O3/c36-28(31-24-12-21(15-30-17-24)19-35-5-9-38-10-6-35)27-25-13-22(1-2-26(25)32-33-27)23-11-20(14-29-16-23)18-34-3-7-37-8-4-34/h1,11-12,14-17H,2-10,13,18-19H2,(H,31,36)(H,32,33). The Balaban J connectivity index is 1.13. The Hall–Kier alpha value is -3.44. The molecule has 0 spiro atoms. The van der Waals surface area contributed by atoms with Crippen LogP contribution in [0.5, 0.6) is 0 Å². The highest BCUT2D eigenvalue weighted by Gasteiger charge is 2.24. The Morgan fingerprint density at radius 1 is 0.895 bits per heavy atom. The number of amides is 1. The number of hydrogen-bond donors (Lipinski definition) is 2. The Labute approximate surface area is 222 Å². The van der Waals surface area contributed by atoms with Gasteiger partial charge in [-0.2, -0.15) is 5.10 Å². The zero-order valence-corrected chi connectivity index (χ0v) is 21.5. The van der Waals surface area contributed by atoms with E-state index in [0.717, 1.165) is 88.1 Å². The smallest absolute Gasteiger partial charge is 0.276 e. The number of allylic oxidation sites excluding steroid dienone is 2. The van der Waals surface area contributed by atoms with Gasteiger partial charge in [0.2, 0.25) is 0 Å². The van der Waals surface area contributed by atoms with Crippen molar-refractivity contribution in [2.75, 3.05) is 57.9 Å². The van der Waals surface area contributed by atoms with E-state index >= 15 is 0 Å². The summed E-state index contributed by atoms with van der Waals surface area (Å²) in [4.78, 5) is 26.8. The van der Waals surface area contributed by atoms with Crippen molar-refractivity contribution in [2.45, 2.75) is 25.9 Å². The van der Waals surface area contributed by atoms with Crippen molar-refractivity contribution in [1.29, 1.82) is 0 Å². The van der Waals surface area contributed by atoms with Gasteiger partial charge in [-0.15, -0.1) is 0 Å². The van der Waals surface area contributed by atoms with E-state index in [4.69, 9.17) is 9.47 Å². The van der Waals surface area contributed by atoms with Crippen LogP contribution >= 0.6 is 0 Å². The summed E-state index contributed by atoms with van der Waals surface area (Å²) in [6, 6.07) is 4.20. The summed E-state index contributed by atoms with van der Waals surface area (Å²) in [6.45, 7) is 8.38. The van der Waals surface area contributed by atoms with Gasteiger partial charge in [0.25, 0.3) is 5.91 Å². The largest absolute Gasteiger partial charge is 0.379 e. The first-order valence-corrected chi connectivity index (χ1v) is 13.3. The third-order valence-corrected chi connectivity index (χ3v) is 7.33. The number of carbonyl (C=O) groups is 1. The number of hydrogen-bond acceptors (Lipinski definition) is 8. The van der Waals surface area contributed by atoms with E-state index < -0.39 is 0 Å². The molecule has 3 aromatic heterocycles. The zero-order chi connectivity index (χ0) is 25.7. The van der Waals surface area contributed by atoms with E-state index in [1.165, 1.54) is 11.1 Å². The van der Waals surface area contributed by atoms with Crippen LogP contribution in [0, 0.1) is 0 Å². The maximum atomic E-state index is 13.3. The molecule has 10 nitrogen and oxygen atoms in total. The molecule has 0 unspecified atom stereocenters. The number of nitrogens with one attached hydrogen (secondary N) is 2. The van der Waals surface area contributed by atoms with Gasteiger partial charge in [-0.05, 0) is 34.4 Å². The van der Waals surface area contributed by atoms with E-state index in [2.05, 4.69) is 47.4 Å². The molecule has 0 bridgehead atoms. The van der Waals surface area contributed by atoms with Gasteiger partial charge in [0.1, 0.15) is 0 Å². The lowest BCUT2D eigenvalue weighted by Gasteiger charge is -2.26. The minimum Gasteiger partial charge on any atom is -0.379 e. The molecule has 198 valence electrons. The Kier molecular flexibility index (Phi) is 7.54. The zero-order valence-electron chi connectivity index (χ0n) is 21.5. The molecule has 2 fully saturated rings. The maximum Gasteiger partial charge on any atom is 0.276 e. The molecule has 38 heavy (non-hydrogen) atoms. The van der Waals surface area contributed by atoms with Crippen molar-refractivity contribution >= 4 is 17.2 Å². The highest BCUT2D eigenvalue weighted by atomic mass is 16.5. The van der Waals surface area contributed by atoms with Crippen LogP contribution in [0.1, 0.15) is 38.4 Å². The van der Waals surface area contributed by atoms with Gasteiger partial charge < -0.3 is 14.8 Å². The molecular weight excluding hydrogens is 482 g/mol. The molecule has 10 heteroatoms.